The summed E-state index contributed by atoms with van der Waals surface area (Å²) in [6.45, 7) is 3.27. The molecule has 1 aromatic carbocycles. The van der Waals surface area contributed by atoms with E-state index < -0.39 is 11.2 Å². The Morgan fingerprint density at radius 3 is 2.76 bits per heavy atom. The van der Waals surface area contributed by atoms with E-state index in [1.165, 1.54) is 11.7 Å². The number of hydrogen-bond acceptors (Lipinski definition) is 8. The number of aromatic nitrogens is 3. The second-order valence-electron chi connectivity index (χ2n) is 6.21. The van der Waals surface area contributed by atoms with Crippen LogP contribution in [0.25, 0.3) is 10.9 Å². The average molecular weight is 416 g/mol. The third-order valence-corrected chi connectivity index (χ3v) is 5.49. The van der Waals surface area contributed by atoms with Gasteiger partial charge < -0.3 is 14.6 Å². The second-order valence-corrected chi connectivity index (χ2v) is 7.38. The highest BCUT2D eigenvalue weighted by molar-refractivity contribution is 8.00. The highest BCUT2D eigenvalue weighted by atomic mass is 32.2. The molecule has 152 valence electrons. The molecule has 0 aliphatic heterocycles. The lowest BCUT2D eigenvalue weighted by Gasteiger charge is -2.17. The minimum atomic E-state index is -0.582. The Labute approximate surface area is 170 Å². The van der Waals surface area contributed by atoms with Crippen molar-refractivity contribution >= 4 is 40.4 Å². The van der Waals surface area contributed by atoms with Crippen LogP contribution >= 0.6 is 11.8 Å². The number of nitrogens with zero attached hydrogens (tertiary/aromatic N) is 3. The van der Waals surface area contributed by atoms with E-state index >= 15 is 0 Å². The van der Waals surface area contributed by atoms with Gasteiger partial charge in [0.05, 0.1) is 23.3 Å². The van der Waals surface area contributed by atoms with Crippen molar-refractivity contribution in [1.29, 1.82) is 0 Å². The van der Waals surface area contributed by atoms with Crippen LogP contribution in [0.4, 0.5) is 5.82 Å². The summed E-state index contributed by atoms with van der Waals surface area (Å²) in [4.78, 5) is 41.9. The fraction of sp³-hybridized carbons (Fsp3) is 0.316. The molecule has 3 aromatic rings. The number of fused-ring (bicyclic) bond motifs is 1. The van der Waals surface area contributed by atoms with E-state index in [-0.39, 0.29) is 23.2 Å². The normalized spacial score (nSPS) is 12.0. The number of aryl methyl sites for hydroxylation is 1. The number of methoxy groups -OCH3 is 1. The van der Waals surface area contributed by atoms with Crippen LogP contribution in [0, 0.1) is 6.92 Å². The summed E-state index contributed by atoms with van der Waals surface area (Å²) in [7, 11) is 1.25. The molecule has 3 rings (SSSR count). The van der Waals surface area contributed by atoms with Crippen LogP contribution in [0.2, 0.25) is 0 Å². The van der Waals surface area contributed by atoms with Crippen molar-refractivity contribution < 1.29 is 18.8 Å². The number of ether oxygens (including phenoxy) is 1. The lowest BCUT2D eigenvalue weighted by Crippen LogP contribution is -2.30. The van der Waals surface area contributed by atoms with Crippen LogP contribution in [0.5, 0.6) is 0 Å². The Morgan fingerprint density at radius 1 is 1.34 bits per heavy atom. The van der Waals surface area contributed by atoms with Crippen LogP contribution in [0.3, 0.4) is 0 Å². The Morgan fingerprint density at radius 2 is 2.10 bits per heavy atom. The monoisotopic (exact) mass is 416 g/mol. The quantitative estimate of drug-likeness (QED) is 0.354. The van der Waals surface area contributed by atoms with Gasteiger partial charge >= 0.3 is 5.97 Å². The molecule has 9 nitrogen and oxygen atoms in total. The number of esters is 1. The minimum absolute atomic E-state index is 0.262. The van der Waals surface area contributed by atoms with Crippen LogP contribution in [0.15, 0.2) is 44.8 Å². The zero-order valence-electron chi connectivity index (χ0n) is 16.2. The number of para-hydroxylation sites is 1. The van der Waals surface area contributed by atoms with Crippen molar-refractivity contribution in [3.63, 3.8) is 0 Å². The predicted octanol–water partition coefficient (Wildman–Crippen LogP) is 2.38. The summed E-state index contributed by atoms with van der Waals surface area (Å²) in [6, 6.07) is 8.46. The molecule has 1 N–H and O–H groups in total. The first-order chi connectivity index (χ1) is 13.9. The standard InChI is InChI=1S/C19H20N4O5S/c1-4-14(17(25)21-15-9-11(2)28-22-15)29-19-20-13-8-6-5-7-12(13)18(26)23(19)10-16(24)27-3/h5-9,14H,4,10H2,1-3H3,(H,21,22,25). The van der Waals surface area contributed by atoms with Crippen molar-refractivity contribution in [2.24, 2.45) is 0 Å². The molecule has 1 amide bonds. The van der Waals surface area contributed by atoms with Crippen LogP contribution in [-0.2, 0) is 20.9 Å². The zero-order chi connectivity index (χ0) is 21.0. The van der Waals surface area contributed by atoms with Crippen LogP contribution in [-0.4, -0.2) is 38.9 Å². The number of anilines is 1. The smallest absolute Gasteiger partial charge is 0.325 e. The van der Waals surface area contributed by atoms with E-state index in [1.54, 1.807) is 37.3 Å². The van der Waals surface area contributed by atoms with Gasteiger partial charge in [-0.15, -0.1) is 0 Å². The molecule has 2 aromatic heterocycles. The molecule has 0 aliphatic rings. The second kappa shape index (κ2) is 8.91. The Kier molecular flexibility index (Phi) is 6.32. The first-order valence-electron chi connectivity index (χ1n) is 8.90. The molecular weight excluding hydrogens is 396 g/mol. The van der Waals surface area contributed by atoms with Gasteiger partial charge in [0.2, 0.25) is 5.91 Å². The lowest BCUT2D eigenvalue weighted by molar-refractivity contribution is -0.141. The molecule has 0 saturated heterocycles. The van der Waals surface area contributed by atoms with Gasteiger partial charge in [0, 0.05) is 6.07 Å². The van der Waals surface area contributed by atoms with E-state index in [0.29, 0.717) is 28.9 Å². The van der Waals surface area contributed by atoms with Crippen molar-refractivity contribution in [2.75, 3.05) is 12.4 Å². The van der Waals surface area contributed by atoms with Gasteiger partial charge in [0.25, 0.3) is 5.56 Å². The molecule has 1 unspecified atom stereocenters. The van der Waals surface area contributed by atoms with Crippen LogP contribution in [0.1, 0.15) is 19.1 Å². The summed E-state index contributed by atoms with van der Waals surface area (Å²) < 4.78 is 10.9. The van der Waals surface area contributed by atoms with Gasteiger partial charge in [0.1, 0.15) is 12.3 Å². The number of carbonyl (C=O) groups excluding carboxylic acids is 2. The molecule has 29 heavy (non-hydrogen) atoms. The lowest BCUT2D eigenvalue weighted by atomic mass is 10.2. The molecule has 0 bridgehead atoms. The number of carbonyl (C=O) groups is 2. The summed E-state index contributed by atoms with van der Waals surface area (Å²) in [6.07, 6.45) is 0.467. The summed E-state index contributed by atoms with van der Waals surface area (Å²) in [5, 5.41) is 6.52. The largest absolute Gasteiger partial charge is 0.468 e. The van der Waals surface area contributed by atoms with Gasteiger partial charge in [0.15, 0.2) is 11.0 Å². The van der Waals surface area contributed by atoms with E-state index in [0.717, 1.165) is 11.8 Å². The molecule has 2 heterocycles. The topological polar surface area (TPSA) is 116 Å². The van der Waals surface area contributed by atoms with E-state index in [1.807, 2.05) is 6.92 Å². The summed E-state index contributed by atoms with van der Waals surface area (Å²) in [5.41, 5.74) is 0.120. The molecule has 0 saturated carbocycles. The Hall–Kier alpha value is -3.14. The first-order valence-corrected chi connectivity index (χ1v) is 9.78. The van der Waals surface area contributed by atoms with Gasteiger partial charge in [-0.1, -0.05) is 36.0 Å². The van der Waals surface area contributed by atoms with E-state index in [4.69, 9.17) is 9.26 Å². The van der Waals surface area contributed by atoms with Gasteiger partial charge in [-0.25, -0.2) is 4.98 Å². The SMILES string of the molecule is CCC(Sc1nc2ccccc2c(=O)n1CC(=O)OC)C(=O)Nc1cc(C)on1. The molecule has 10 heteroatoms. The van der Waals surface area contributed by atoms with Crippen molar-refractivity contribution in [3.8, 4) is 0 Å². The average Bonchev–Trinajstić information content (AvgIpc) is 3.12. The fourth-order valence-electron chi connectivity index (χ4n) is 2.65. The maximum atomic E-state index is 12.9. The summed E-state index contributed by atoms with van der Waals surface area (Å²) in [5.74, 6) is -0.00600. The predicted molar refractivity (Wildman–Crippen MR) is 108 cm³/mol. The number of amides is 1. The zero-order valence-corrected chi connectivity index (χ0v) is 17.0. The number of benzene rings is 1. The highest BCUT2D eigenvalue weighted by Crippen LogP contribution is 2.26. The van der Waals surface area contributed by atoms with Gasteiger partial charge in [-0.05, 0) is 25.5 Å². The maximum absolute atomic E-state index is 12.9. The maximum Gasteiger partial charge on any atom is 0.325 e. The van der Waals surface area contributed by atoms with Gasteiger partial charge in [-0.3, -0.25) is 19.0 Å². The van der Waals surface area contributed by atoms with E-state index in [2.05, 4.69) is 15.5 Å². The van der Waals surface area contributed by atoms with Crippen molar-refractivity contribution in [3.05, 3.63) is 46.4 Å². The Balaban J connectivity index is 1.95. The van der Waals surface area contributed by atoms with Gasteiger partial charge in [-0.2, -0.15) is 0 Å². The Bertz CT molecular complexity index is 1110. The number of thioether (sulfide) groups is 1. The molecule has 0 aliphatic carbocycles. The highest BCUT2D eigenvalue weighted by Gasteiger charge is 2.23. The third kappa shape index (κ3) is 4.65. The van der Waals surface area contributed by atoms with Crippen LogP contribution < -0.4 is 10.9 Å². The van der Waals surface area contributed by atoms with E-state index in [9.17, 15) is 14.4 Å². The summed E-state index contributed by atoms with van der Waals surface area (Å²) >= 11 is 1.10. The fourth-order valence-corrected chi connectivity index (χ4v) is 3.67. The molecule has 1 atom stereocenters. The number of nitrogens with one attached hydrogen (secondary N) is 1. The first kappa shape index (κ1) is 20.6. The third-order valence-electron chi connectivity index (χ3n) is 4.13. The molecule has 0 radical (unpaired) electrons. The van der Waals surface area contributed by atoms with Crippen molar-refractivity contribution in [2.45, 2.75) is 37.2 Å². The molecule has 0 fully saturated rings. The number of hydrogen-bond donors (Lipinski definition) is 1. The molecular formula is C19H20N4O5S. The molecule has 0 spiro atoms. The number of rotatable bonds is 7. The minimum Gasteiger partial charge on any atom is -0.468 e. The van der Waals surface area contributed by atoms with Crippen molar-refractivity contribution in [1.82, 2.24) is 14.7 Å².